The quantitative estimate of drug-likeness (QED) is 0.691. The van der Waals surface area contributed by atoms with Crippen LogP contribution in [0.25, 0.3) is 0 Å². The highest BCUT2D eigenvalue weighted by molar-refractivity contribution is 6.53. The molecule has 1 aliphatic carbocycles. The Balaban J connectivity index is 2.26. The molecule has 1 amide bonds. The fourth-order valence-corrected chi connectivity index (χ4v) is 3.26. The lowest BCUT2D eigenvalue weighted by Crippen LogP contribution is -2.53. The van der Waals surface area contributed by atoms with Crippen molar-refractivity contribution in [2.24, 2.45) is 0 Å². The van der Waals surface area contributed by atoms with Crippen molar-refractivity contribution >= 4 is 29.1 Å². The Morgan fingerprint density at radius 1 is 1.29 bits per heavy atom. The summed E-state index contributed by atoms with van der Waals surface area (Å²) in [7, 11) is 0. The third kappa shape index (κ3) is 2.29. The van der Waals surface area contributed by atoms with Gasteiger partial charge in [-0.1, -0.05) is 29.6 Å². The van der Waals surface area contributed by atoms with Crippen LogP contribution in [0.2, 0.25) is 0 Å². The largest absolute Gasteiger partial charge is 0.350 e. The Hall–Kier alpha value is 0.01000. The summed E-state index contributed by atoms with van der Waals surface area (Å²) in [5.41, 5.74) is -0.448. The highest BCUT2D eigenvalue weighted by atomic mass is 35.5. The second-order valence-electron chi connectivity index (χ2n) is 5.08. The molecule has 1 aliphatic heterocycles. The van der Waals surface area contributed by atoms with Gasteiger partial charge in [0.2, 0.25) is 0 Å². The minimum atomic E-state index is -0.995. The van der Waals surface area contributed by atoms with E-state index < -0.39 is 10.6 Å². The Bertz CT molecular complexity index is 303. The summed E-state index contributed by atoms with van der Waals surface area (Å²) in [6.45, 7) is 4.01. The zero-order valence-electron chi connectivity index (χ0n) is 10.3. The fraction of sp³-hybridized carbons (Fsp3) is 0.917. The third-order valence-electron chi connectivity index (χ3n) is 3.99. The van der Waals surface area contributed by atoms with Crippen molar-refractivity contribution in [3.8, 4) is 0 Å². The van der Waals surface area contributed by atoms with Crippen LogP contribution in [0.3, 0.4) is 0 Å². The molecule has 0 bridgehead atoms. The van der Waals surface area contributed by atoms with Crippen molar-refractivity contribution in [3.05, 3.63) is 0 Å². The van der Waals surface area contributed by atoms with Crippen LogP contribution in [0, 0.1) is 0 Å². The smallest absolute Gasteiger partial charge is 0.258 e. The molecule has 0 aromatic heterocycles. The minimum Gasteiger partial charge on any atom is -0.350 e. The van der Waals surface area contributed by atoms with Crippen molar-refractivity contribution in [1.29, 1.82) is 0 Å². The van der Waals surface area contributed by atoms with Crippen LogP contribution >= 0.6 is 23.2 Å². The van der Waals surface area contributed by atoms with Crippen molar-refractivity contribution < 1.29 is 9.53 Å². The summed E-state index contributed by atoms with van der Waals surface area (Å²) in [6.07, 6.45) is 5.24. The van der Waals surface area contributed by atoms with E-state index in [0.29, 0.717) is 0 Å². The van der Waals surface area contributed by atoms with Gasteiger partial charge in [-0.3, -0.25) is 4.79 Å². The molecule has 0 radical (unpaired) electrons. The van der Waals surface area contributed by atoms with Crippen molar-refractivity contribution in [1.82, 2.24) is 4.90 Å². The number of carbonyl (C=O) groups is 1. The predicted octanol–water partition coefficient (Wildman–Crippen LogP) is 3.09. The number of carbonyl (C=O) groups excluding carboxylic acids is 1. The first-order chi connectivity index (χ1) is 7.98. The first-order valence-corrected chi connectivity index (χ1v) is 7.14. The average Bonchev–Trinajstić information content (AvgIpc) is 2.51. The summed E-state index contributed by atoms with van der Waals surface area (Å²) in [5, 5.41) is 0. The Morgan fingerprint density at radius 3 is 2.41 bits per heavy atom. The van der Waals surface area contributed by atoms with Gasteiger partial charge in [-0.2, -0.15) is 0 Å². The second-order valence-corrected chi connectivity index (χ2v) is 6.18. The molecule has 2 atom stereocenters. The van der Waals surface area contributed by atoms with Crippen molar-refractivity contribution in [3.63, 3.8) is 0 Å². The number of ether oxygens (including phenoxy) is 1. The van der Waals surface area contributed by atoms with Crippen LogP contribution in [0.1, 0.15) is 46.0 Å². The van der Waals surface area contributed by atoms with E-state index >= 15 is 0 Å². The van der Waals surface area contributed by atoms with E-state index in [4.69, 9.17) is 27.9 Å². The van der Waals surface area contributed by atoms with Gasteiger partial charge in [0.25, 0.3) is 5.91 Å². The molecule has 3 nitrogen and oxygen atoms in total. The van der Waals surface area contributed by atoms with E-state index in [1.165, 1.54) is 6.42 Å². The second kappa shape index (κ2) is 4.94. The number of hydrogen-bond donors (Lipinski definition) is 0. The molecule has 17 heavy (non-hydrogen) atoms. The number of hydrogen-bond acceptors (Lipinski definition) is 2. The molecule has 5 heteroatoms. The summed E-state index contributed by atoms with van der Waals surface area (Å²) < 4.78 is 6.07. The van der Waals surface area contributed by atoms with Crippen LogP contribution in [0.5, 0.6) is 0 Å². The van der Waals surface area contributed by atoms with Gasteiger partial charge in [-0.25, -0.2) is 0 Å². The first-order valence-electron chi connectivity index (χ1n) is 6.27. The lowest BCUT2D eigenvalue weighted by Gasteiger charge is -2.41. The average molecular weight is 280 g/mol. The van der Waals surface area contributed by atoms with Gasteiger partial charge >= 0.3 is 0 Å². The SMILES string of the molecule is CC1OC2(CCCCC2)N(C(=O)C(Cl)Cl)C1C. The summed E-state index contributed by atoms with van der Waals surface area (Å²) in [6, 6.07) is 0.0422. The molecule has 98 valence electrons. The van der Waals surface area contributed by atoms with E-state index in [1.54, 1.807) is 4.90 Å². The van der Waals surface area contributed by atoms with Crippen LogP contribution in [0.15, 0.2) is 0 Å². The van der Waals surface area contributed by atoms with Gasteiger partial charge in [-0.05, 0) is 39.5 Å². The van der Waals surface area contributed by atoms with Crippen LogP contribution in [0.4, 0.5) is 0 Å². The molecule has 2 aliphatic rings. The highest BCUT2D eigenvalue weighted by Crippen LogP contribution is 2.43. The van der Waals surface area contributed by atoms with Gasteiger partial charge < -0.3 is 9.64 Å². The topological polar surface area (TPSA) is 29.5 Å². The van der Waals surface area contributed by atoms with Gasteiger partial charge in [0.1, 0.15) is 5.72 Å². The van der Waals surface area contributed by atoms with Gasteiger partial charge in [-0.15, -0.1) is 0 Å². The van der Waals surface area contributed by atoms with Gasteiger partial charge in [0, 0.05) is 0 Å². The van der Waals surface area contributed by atoms with E-state index in [2.05, 4.69) is 0 Å². The molecule has 2 rings (SSSR count). The minimum absolute atomic E-state index is 0.0422. The monoisotopic (exact) mass is 279 g/mol. The maximum atomic E-state index is 12.2. The summed E-state index contributed by atoms with van der Waals surface area (Å²) in [4.78, 5) is 13.0. The number of amides is 1. The Morgan fingerprint density at radius 2 is 1.88 bits per heavy atom. The van der Waals surface area contributed by atoms with Crippen LogP contribution in [-0.2, 0) is 9.53 Å². The molecule has 1 saturated carbocycles. The Kier molecular flexibility index (Phi) is 3.91. The predicted molar refractivity (Wildman–Crippen MR) is 68.2 cm³/mol. The molecular weight excluding hydrogens is 261 g/mol. The summed E-state index contributed by atoms with van der Waals surface area (Å²) >= 11 is 11.5. The van der Waals surface area contributed by atoms with Gasteiger partial charge in [0.15, 0.2) is 4.84 Å². The number of alkyl halides is 2. The van der Waals surface area contributed by atoms with Crippen LogP contribution in [-0.4, -0.2) is 33.5 Å². The third-order valence-corrected chi connectivity index (χ3v) is 4.36. The normalized spacial score (nSPS) is 32.4. The van der Waals surface area contributed by atoms with Crippen LogP contribution < -0.4 is 0 Å². The Labute approximate surface area is 112 Å². The van der Waals surface area contributed by atoms with Crippen molar-refractivity contribution in [2.45, 2.75) is 68.7 Å². The molecule has 1 spiro atoms. The lowest BCUT2D eigenvalue weighted by atomic mass is 9.90. The maximum Gasteiger partial charge on any atom is 0.258 e. The highest BCUT2D eigenvalue weighted by Gasteiger charge is 2.52. The summed E-state index contributed by atoms with van der Waals surface area (Å²) in [5.74, 6) is -0.216. The number of rotatable bonds is 1. The van der Waals surface area contributed by atoms with E-state index in [1.807, 2.05) is 13.8 Å². The maximum absolute atomic E-state index is 12.2. The van der Waals surface area contributed by atoms with E-state index in [0.717, 1.165) is 25.7 Å². The molecule has 2 fully saturated rings. The molecule has 2 unspecified atom stereocenters. The molecule has 1 heterocycles. The molecule has 0 aromatic carbocycles. The van der Waals surface area contributed by atoms with Crippen molar-refractivity contribution in [2.75, 3.05) is 0 Å². The lowest BCUT2D eigenvalue weighted by molar-refractivity contribution is -0.158. The zero-order chi connectivity index (χ0) is 12.6. The zero-order valence-corrected chi connectivity index (χ0v) is 11.8. The molecular formula is C12H19Cl2NO2. The number of nitrogens with zero attached hydrogens (tertiary/aromatic N) is 1. The van der Waals surface area contributed by atoms with Gasteiger partial charge in [0.05, 0.1) is 12.1 Å². The number of halogens is 2. The first kappa shape index (κ1) is 13.4. The molecule has 1 saturated heterocycles. The van der Waals surface area contributed by atoms with E-state index in [-0.39, 0.29) is 18.1 Å². The molecule has 0 aromatic rings. The fourth-order valence-electron chi connectivity index (χ4n) is 3.05. The standard InChI is InChI=1S/C12H19Cl2NO2/c1-8-9(2)17-12(6-4-3-5-7-12)15(8)11(16)10(13)14/h8-10H,3-7H2,1-2H3. The molecule has 0 N–H and O–H groups in total. The van der Waals surface area contributed by atoms with E-state index in [9.17, 15) is 4.79 Å².